The van der Waals surface area contributed by atoms with Crippen LogP contribution >= 0.6 is 0 Å². The lowest BCUT2D eigenvalue weighted by Crippen LogP contribution is -2.40. The summed E-state index contributed by atoms with van der Waals surface area (Å²) in [5.74, 6) is -0.959. The summed E-state index contributed by atoms with van der Waals surface area (Å²) in [6, 6.07) is 22.7. The van der Waals surface area contributed by atoms with E-state index in [1.807, 2.05) is 0 Å². The molecule has 1 aliphatic rings. The predicted molar refractivity (Wildman–Crippen MR) is 142 cm³/mol. The van der Waals surface area contributed by atoms with Gasteiger partial charge in [0.2, 0.25) is 15.9 Å². The van der Waals surface area contributed by atoms with Gasteiger partial charge in [0.15, 0.2) is 0 Å². The normalized spacial score (nSPS) is 17.4. The van der Waals surface area contributed by atoms with E-state index >= 15 is 0 Å². The molecule has 8 nitrogen and oxygen atoms in total. The molecule has 190 valence electrons. The van der Waals surface area contributed by atoms with E-state index in [0.717, 1.165) is 0 Å². The number of carbonyl (C=O) groups is 1. The average molecular weight is 517 g/mol. The molecular weight excluding hydrogens is 488 g/mol. The first kappa shape index (κ1) is 26.1. The van der Waals surface area contributed by atoms with Gasteiger partial charge in [0, 0.05) is 22.4 Å². The standard InChI is InChI=1S/C28H28N4O4S/c1-18-25(26(31-36-18)21-9-7-8-19(16-21)17-29)27(33)30-22-14-12-20(13-15-22)23-10-5-6-11-24(23)37(34,35)32-28(2,3)4/h5-16,18,25,32H,1-4H3,(H,30,33). The fraction of sp³-hybridized carbons (Fsp3) is 0.250. The van der Waals surface area contributed by atoms with Gasteiger partial charge in [-0.2, -0.15) is 5.26 Å². The monoisotopic (exact) mass is 516 g/mol. The van der Waals surface area contributed by atoms with Crippen LogP contribution in [0.15, 0.2) is 82.8 Å². The molecule has 1 aliphatic heterocycles. The first-order valence-electron chi connectivity index (χ1n) is 11.8. The highest BCUT2D eigenvalue weighted by atomic mass is 32.2. The van der Waals surface area contributed by atoms with E-state index in [9.17, 15) is 18.5 Å². The van der Waals surface area contributed by atoms with Gasteiger partial charge in [0.1, 0.15) is 17.7 Å². The van der Waals surface area contributed by atoms with Gasteiger partial charge in [-0.3, -0.25) is 4.79 Å². The molecule has 0 bridgehead atoms. The molecule has 0 radical (unpaired) electrons. The molecule has 0 aliphatic carbocycles. The van der Waals surface area contributed by atoms with Crippen LogP contribution in [0.3, 0.4) is 0 Å². The highest BCUT2D eigenvalue weighted by molar-refractivity contribution is 7.89. The molecular formula is C28H28N4O4S. The van der Waals surface area contributed by atoms with E-state index in [4.69, 9.17) is 4.84 Å². The van der Waals surface area contributed by atoms with Crippen molar-refractivity contribution in [2.75, 3.05) is 5.32 Å². The first-order valence-corrected chi connectivity index (χ1v) is 13.3. The smallest absolute Gasteiger partial charge is 0.241 e. The molecule has 2 unspecified atom stereocenters. The summed E-state index contributed by atoms with van der Waals surface area (Å²) in [6.45, 7) is 7.13. The summed E-state index contributed by atoms with van der Waals surface area (Å²) >= 11 is 0. The van der Waals surface area contributed by atoms with Crippen LogP contribution in [0.2, 0.25) is 0 Å². The van der Waals surface area contributed by atoms with Gasteiger partial charge in [-0.05, 0) is 63.6 Å². The van der Waals surface area contributed by atoms with Crippen LogP contribution in [0, 0.1) is 17.2 Å². The average Bonchev–Trinajstić information content (AvgIpc) is 3.24. The van der Waals surface area contributed by atoms with Crippen molar-refractivity contribution in [3.63, 3.8) is 0 Å². The van der Waals surface area contributed by atoms with Crippen molar-refractivity contribution in [3.8, 4) is 17.2 Å². The molecule has 0 aromatic heterocycles. The summed E-state index contributed by atoms with van der Waals surface area (Å²) in [5, 5.41) is 16.2. The van der Waals surface area contributed by atoms with Crippen LogP contribution in [-0.2, 0) is 19.7 Å². The highest BCUT2D eigenvalue weighted by Crippen LogP contribution is 2.30. The second kappa shape index (κ2) is 10.2. The number of rotatable bonds is 6. The van der Waals surface area contributed by atoms with E-state index in [1.54, 1.807) is 100 Å². The SMILES string of the molecule is CC1ON=C(c2cccc(C#N)c2)C1C(=O)Nc1ccc(-c2ccccc2S(=O)(=O)NC(C)(C)C)cc1. The third kappa shape index (κ3) is 5.88. The number of carbonyl (C=O) groups excluding carboxylic acids is 1. The third-order valence-corrected chi connectivity index (χ3v) is 7.55. The van der Waals surface area contributed by atoms with Crippen LogP contribution in [0.1, 0.15) is 38.8 Å². The lowest BCUT2D eigenvalue weighted by Gasteiger charge is -2.21. The van der Waals surface area contributed by atoms with Crippen LogP contribution in [-0.4, -0.2) is 31.7 Å². The van der Waals surface area contributed by atoms with E-state index in [0.29, 0.717) is 33.7 Å². The molecule has 37 heavy (non-hydrogen) atoms. The van der Waals surface area contributed by atoms with Gasteiger partial charge >= 0.3 is 0 Å². The molecule has 3 aromatic carbocycles. The fourth-order valence-corrected chi connectivity index (χ4v) is 5.80. The van der Waals surface area contributed by atoms with Crippen molar-refractivity contribution >= 4 is 27.3 Å². The van der Waals surface area contributed by atoms with E-state index < -0.39 is 27.6 Å². The van der Waals surface area contributed by atoms with E-state index in [2.05, 4.69) is 21.3 Å². The van der Waals surface area contributed by atoms with Gasteiger partial charge in [-0.25, -0.2) is 13.1 Å². The number of hydrogen-bond acceptors (Lipinski definition) is 6. The Morgan fingerprint density at radius 1 is 1.00 bits per heavy atom. The molecule has 0 fully saturated rings. The van der Waals surface area contributed by atoms with Gasteiger partial charge < -0.3 is 10.2 Å². The second-order valence-electron chi connectivity index (χ2n) is 9.88. The lowest BCUT2D eigenvalue weighted by molar-refractivity contribution is -0.120. The summed E-state index contributed by atoms with van der Waals surface area (Å²) in [6.07, 6.45) is -0.479. The van der Waals surface area contributed by atoms with Crippen molar-refractivity contribution < 1.29 is 18.0 Å². The van der Waals surface area contributed by atoms with Gasteiger partial charge in [-0.1, -0.05) is 47.6 Å². The zero-order valence-electron chi connectivity index (χ0n) is 21.0. The summed E-state index contributed by atoms with van der Waals surface area (Å²) in [5.41, 5.74) is 2.76. The van der Waals surface area contributed by atoms with E-state index in [1.165, 1.54) is 0 Å². The molecule has 1 amide bonds. The van der Waals surface area contributed by atoms with Crippen LogP contribution in [0.25, 0.3) is 11.1 Å². The minimum Gasteiger partial charge on any atom is -0.391 e. The van der Waals surface area contributed by atoms with Gasteiger partial charge in [-0.15, -0.1) is 0 Å². The van der Waals surface area contributed by atoms with Crippen molar-refractivity contribution in [1.82, 2.24) is 4.72 Å². The maximum Gasteiger partial charge on any atom is 0.241 e. The number of nitrogens with one attached hydrogen (secondary N) is 2. The highest BCUT2D eigenvalue weighted by Gasteiger charge is 2.38. The second-order valence-corrected chi connectivity index (χ2v) is 11.5. The number of sulfonamides is 1. The fourth-order valence-electron chi connectivity index (χ4n) is 4.15. The van der Waals surface area contributed by atoms with Crippen LogP contribution in [0.5, 0.6) is 0 Å². The number of hydrogen-bond donors (Lipinski definition) is 2. The predicted octanol–water partition coefficient (Wildman–Crippen LogP) is 4.68. The minimum atomic E-state index is -3.75. The zero-order chi connectivity index (χ0) is 26.8. The number of anilines is 1. The largest absolute Gasteiger partial charge is 0.391 e. The molecule has 2 atom stereocenters. The summed E-state index contributed by atoms with van der Waals surface area (Å²) < 4.78 is 28.7. The van der Waals surface area contributed by atoms with Gasteiger partial charge in [0.05, 0.1) is 16.5 Å². The minimum absolute atomic E-state index is 0.180. The van der Waals surface area contributed by atoms with Gasteiger partial charge in [0.25, 0.3) is 0 Å². The first-order chi connectivity index (χ1) is 17.5. The quantitative estimate of drug-likeness (QED) is 0.493. The Morgan fingerprint density at radius 3 is 2.38 bits per heavy atom. The van der Waals surface area contributed by atoms with Crippen LogP contribution < -0.4 is 10.0 Å². The summed E-state index contributed by atoms with van der Waals surface area (Å²) in [4.78, 5) is 18.8. The van der Waals surface area contributed by atoms with Crippen molar-refractivity contribution in [1.29, 1.82) is 5.26 Å². The molecule has 0 spiro atoms. The maximum atomic E-state index is 13.2. The Morgan fingerprint density at radius 2 is 1.70 bits per heavy atom. The van der Waals surface area contributed by atoms with E-state index in [-0.39, 0.29) is 10.8 Å². The number of amides is 1. The molecule has 1 heterocycles. The number of benzene rings is 3. The Hall–Kier alpha value is -4.00. The molecule has 4 rings (SSSR count). The zero-order valence-corrected chi connectivity index (χ0v) is 21.8. The Bertz CT molecular complexity index is 1500. The number of nitriles is 1. The third-order valence-electron chi connectivity index (χ3n) is 5.73. The number of oxime groups is 1. The molecule has 0 saturated heterocycles. The molecule has 3 aromatic rings. The Balaban J connectivity index is 1.56. The number of nitrogens with zero attached hydrogens (tertiary/aromatic N) is 2. The van der Waals surface area contributed by atoms with Crippen molar-refractivity contribution in [2.45, 2.75) is 44.2 Å². The molecule has 0 saturated carbocycles. The van der Waals surface area contributed by atoms with Crippen molar-refractivity contribution in [2.24, 2.45) is 11.1 Å². The Kier molecular flexibility index (Phi) is 7.16. The maximum absolute atomic E-state index is 13.2. The topological polar surface area (TPSA) is 121 Å². The van der Waals surface area contributed by atoms with Crippen LogP contribution in [0.4, 0.5) is 5.69 Å². The van der Waals surface area contributed by atoms with Crippen molar-refractivity contribution in [3.05, 3.63) is 83.9 Å². The summed E-state index contributed by atoms with van der Waals surface area (Å²) in [7, 11) is -3.75. The molecule has 2 N–H and O–H groups in total. The lowest BCUT2D eigenvalue weighted by atomic mass is 9.91. The Labute approximate surface area is 217 Å². The molecule has 9 heteroatoms.